The standard InChI is InChI=1S/C19H18BrNO2/c20-16-8-6-15(7-9-16)18-11-19(12-18,13-18)21-17(22)23-10-14-4-2-1-3-5-14/h1-9H,10-13H2,(H,21,22). The van der Waals surface area contributed by atoms with Gasteiger partial charge in [-0.15, -0.1) is 0 Å². The fourth-order valence-electron chi connectivity index (χ4n) is 4.01. The molecule has 3 aliphatic rings. The third-order valence-electron chi connectivity index (χ3n) is 5.07. The number of amides is 1. The van der Waals surface area contributed by atoms with Crippen molar-refractivity contribution in [2.45, 2.75) is 36.8 Å². The van der Waals surface area contributed by atoms with Crippen LogP contribution in [0.15, 0.2) is 59.1 Å². The Morgan fingerprint density at radius 2 is 1.70 bits per heavy atom. The van der Waals surface area contributed by atoms with E-state index in [2.05, 4.69) is 45.5 Å². The van der Waals surface area contributed by atoms with Crippen LogP contribution in [0.5, 0.6) is 0 Å². The molecule has 3 nitrogen and oxygen atoms in total. The Morgan fingerprint density at radius 3 is 2.35 bits per heavy atom. The maximum absolute atomic E-state index is 12.0. The molecule has 3 saturated carbocycles. The third kappa shape index (κ3) is 2.65. The first kappa shape index (κ1) is 14.8. The van der Waals surface area contributed by atoms with E-state index in [4.69, 9.17) is 4.74 Å². The topological polar surface area (TPSA) is 38.3 Å². The lowest BCUT2D eigenvalue weighted by molar-refractivity contribution is -0.0844. The van der Waals surface area contributed by atoms with E-state index >= 15 is 0 Å². The van der Waals surface area contributed by atoms with Crippen molar-refractivity contribution in [3.8, 4) is 0 Å². The molecule has 0 heterocycles. The largest absolute Gasteiger partial charge is 0.445 e. The molecule has 0 radical (unpaired) electrons. The number of ether oxygens (including phenoxy) is 1. The number of hydrogen-bond acceptors (Lipinski definition) is 2. The summed E-state index contributed by atoms with van der Waals surface area (Å²) in [5.74, 6) is 0. The average Bonchev–Trinajstić information content (AvgIpc) is 2.50. The number of hydrogen-bond donors (Lipinski definition) is 1. The summed E-state index contributed by atoms with van der Waals surface area (Å²) < 4.78 is 6.42. The normalized spacial score (nSPS) is 27.5. The molecule has 0 unspecified atom stereocenters. The summed E-state index contributed by atoms with van der Waals surface area (Å²) in [5, 5.41) is 3.06. The minimum absolute atomic E-state index is 0.0408. The molecule has 5 rings (SSSR count). The molecule has 2 aromatic carbocycles. The van der Waals surface area contributed by atoms with Crippen molar-refractivity contribution in [2.24, 2.45) is 0 Å². The summed E-state index contributed by atoms with van der Waals surface area (Å²) in [6, 6.07) is 18.3. The van der Waals surface area contributed by atoms with Crippen LogP contribution < -0.4 is 5.32 Å². The monoisotopic (exact) mass is 371 g/mol. The fourth-order valence-corrected chi connectivity index (χ4v) is 4.27. The van der Waals surface area contributed by atoms with E-state index in [0.717, 1.165) is 29.3 Å². The van der Waals surface area contributed by atoms with Crippen LogP contribution >= 0.6 is 15.9 Å². The predicted molar refractivity (Wildman–Crippen MR) is 92.2 cm³/mol. The second-order valence-electron chi connectivity index (χ2n) is 6.78. The molecule has 0 aliphatic heterocycles. The summed E-state index contributed by atoms with van der Waals surface area (Å²) in [6.45, 7) is 0.320. The highest BCUT2D eigenvalue weighted by atomic mass is 79.9. The van der Waals surface area contributed by atoms with Crippen LogP contribution in [-0.4, -0.2) is 11.6 Å². The molecule has 118 valence electrons. The second-order valence-corrected chi connectivity index (χ2v) is 7.70. The first-order valence-corrected chi connectivity index (χ1v) is 8.64. The fraction of sp³-hybridized carbons (Fsp3) is 0.316. The van der Waals surface area contributed by atoms with E-state index in [0.29, 0.717) is 6.61 Å². The van der Waals surface area contributed by atoms with Crippen LogP contribution in [0.3, 0.4) is 0 Å². The molecule has 0 saturated heterocycles. The molecule has 1 amide bonds. The van der Waals surface area contributed by atoms with E-state index in [1.807, 2.05) is 30.3 Å². The van der Waals surface area contributed by atoms with Crippen LogP contribution in [0.2, 0.25) is 0 Å². The van der Waals surface area contributed by atoms with E-state index in [-0.39, 0.29) is 17.0 Å². The predicted octanol–water partition coefficient (Wildman–Crippen LogP) is 4.55. The number of rotatable bonds is 4. The Hall–Kier alpha value is -1.81. The first-order chi connectivity index (χ1) is 11.1. The van der Waals surface area contributed by atoms with Crippen LogP contribution in [0.4, 0.5) is 4.79 Å². The van der Waals surface area contributed by atoms with Crippen molar-refractivity contribution in [3.05, 3.63) is 70.2 Å². The Labute approximate surface area is 144 Å². The summed E-state index contributed by atoms with van der Waals surface area (Å²) in [6.07, 6.45) is 2.74. The van der Waals surface area contributed by atoms with Crippen LogP contribution in [-0.2, 0) is 16.8 Å². The van der Waals surface area contributed by atoms with Gasteiger partial charge in [-0.25, -0.2) is 4.79 Å². The van der Waals surface area contributed by atoms with Gasteiger partial charge in [-0.1, -0.05) is 58.4 Å². The van der Waals surface area contributed by atoms with Crippen LogP contribution in [0, 0.1) is 0 Å². The second kappa shape index (κ2) is 5.38. The lowest BCUT2D eigenvalue weighted by atomic mass is 9.37. The van der Waals surface area contributed by atoms with E-state index in [9.17, 15) is 4.79 Å². The lowest BCUT2D eigenvalue weighted by Crippen LogP contribution is -2.76. The number of carbonyl (C=O) groups excluding carboxylic acids is 1. The molecule has 2 bridgehead atoms. The van der Waals surface area contributed by atoms with Crippen molar-refractivity contribution in [1.82, 2.24) is 5.32 Å². The van der Waals surface area contributed by atoms with Gasteiger partial charge in [-0.05, 0) is 42.5 Å². The van der Waals surface area contributed by atoms with Gasteiger partial charge in [0.05, 0.1) is 0 Å². The molecular formula is C19H18BrNO2. The zero-order chi connectivity index (χ0) is 15.9. The summed E-state index contributed by atoms with van der Waals surface area (Å²) in [5.41, 5.74) is 2.61. The van der Waals surface area contributed by atoms with Crippen molar-refractivity contribution < 1.29 is 9.53 Å². The molecule has 0 aromatic heterocycles. The summed E-state index contributed by atoms with van der Waals surface area (Å²) in [7, 11) is 0. The number of carbonyl (C=O) groups is 1. The minimum Gasteiger partial charge on any atom is -0.445 e. The van der Waals surface area contributed by atoms with Crippen molar-refractivity contribution in [3.63, 3.8) is 0 Å². The minimum atomic E-state index is -0.307. The van der Waals surface area contributed by atoms with Gasteiger partial charge >= 0.3 is 6.09 Å². The first-order valence-electron chi connectivity index (χ1n) is 7.84. The van der Waals surface area contributed by atoms with Gasteiger partial charge in [0, 0.05) is 15.4 Å². The summed E-state index contributed by atoms with van der Waals surface area (Å²) >= 11 is 3.47. The Bertz CT molecular complexity index is 707. The molecule has 4 heteroatoms. The van der Waals surface area contributed by atoms with Crippen LogP contribution in [0.25, 0.3) is 0 Å². The smallest absolute Gasteiger partial charge is 0.407 e. The van der Waals surface area contributed by atoms with Crippen LogP contribution in [0.1, 0.15) is 30.4 Å². The lowest BCUT2D eigenvalue weighted by Gasteiger charge is -2.70. The van der Waals surface area contributed by atoms with Gasteiger partial charge in [0.25, 0.3) is 0 Å². The molecule has 3 fully saturated rings. The Morgan fingerprint density at radius 1 is 1.04 bits per heavy atom. The molecule has 0 spiro atoms. The molecular weight excluding hydrogens is 354 g/mol. The van der Waals surface area contributed by atoms with Gasteiger partial charge in [-0.2, -0.15) is 0 Å². The van der Waals surface area contributed by atoms with Crippen molar-refractivity contribution in [1.29, 1.82) is 0 Å². The van der Waals surface area contributed by atoms with Gasteiger partial charge in [0.1, 0.15) is 6.61 Å². The quantitative estimate of drug-likeness (QED) is 0.855. The maximum Gasteiger partial charge on any atom is 0.407 e. The van der Waals surface area contributed by atoms with Gasteiger partial charge in [0.15, 0.2) is 0 Å². The van der Waals surface area contributed by atoms with Gasteiger partial charge in [-0.3, -0.25) is 0 Å². The summed E-state index contributed by atoms with van der Waals surface area (Å²) in [4.78, 5) is 12.0. The third-order valence-corrected chi connectivity index (χ3v) is 5.60. The highest BCUT2D eigenvalue weighted by Crippen LogP contribution is 2.67. The van der Waals surface area contributed by atoms with E-state index in [1.54, 1.807) is 0 Å². The maximum atomic E-state index is 12.0. The number of alkyl carbamates (subject to hydrolysis) is 1. The number of halogens is 1. The van der Waals surface area contributed by atoms with E-state index < -0.39 is 0 Å². The molecule has 0 atom stereocenters. The zero-order valence-electron chi connectivity index (χ0n) is 12.7. The van der Waals surface area contributed by atoms with Gasteiger partial charge < -0.3 is 10.1 Å². The van der Waals surface area contributed by atoms with E-state index in [1.165, 1.54) is 5.56 Å². The SMILES string of the molecule is O=C(NC12CC(c3ccc(Br)cc3)(C1)C2)OCc1ccccc1. The molecule has 23 heavy (non-hydrogen) atoms. The highest BCUT2D eigenvalue weighted by Gasteiger charge is 2.69. The highest BCUT2D eigenvalue weighted by molar-refractivity contribution is 9.10. The average molecular weight is 372 g/mol. The number of benzene rings is 2. The van der Waals surface area contributed by atoms with Gasteiger partial charge in [0.2, 0.25) is 0 Å². The molecule has 1 N–H and O–H groups in total. The Kier molecular flexibility index (Phi) is 3.45. The molecule has 3 aliphatic carbocycles. The molecule has 2 aromatic rings. The Balaban J connectivity index is 1.29. The number of nitrogens with one attached hydrogen (secondary N) is 1. The van der Waals surface area contributed by atoms with Crippen molar-refractivity contribution >= 4 is 22.0 Å². The van der Waals surface area contributed by atoms with Crippen molar-refractivity contribution in [2.75, 3.05) is 0 Å². The zero-order valence-corrected chi connectivity index (χ0v) is 14.3.